The van der Waals surface area contributed by atoms with Crippen molar-refractivity contribution in [3.63, 3.8) is 0 Å². The van der Waals surface area contributed by atoms with Gasteiger partial charge in [-0.05, 0) is 50.6 Å². The van der Waals surface area contributed by atoms with Gasteiger partial charge in [-0.15, -0.1) is 0 Å². The van der Waals surface area contributed by atoms with Gasteiger partial charge in [0.15, 0.2) is 5.82 Å². The molecule has 0 saturated carbocycles. The van der Waals surface area contributed by atoms with E-state index in [1.165, 1.54) is 6.07 Å². The van der Waals surface area contributed by atoms with Gasteiger partial charge in [0.2, 0.25) is 0 Å². The molecule has 0 atom stereocenters. The zero-order valence-corrected chi connectivity index (χ0v) is 20.4. The molecule has 0 unspecified atom stereocenters. The number of rotatable bonds is 8. The number of nitrogens with zero attached hydrogens (tertiary/aromatic N) is 5. The molecule has 5 aromatic rings. The Morgan fingerprint density at radius 2 is 1.76 bits per heavy atom. The number of anilines is 2. The molecule has 0 aliphatic rings. The Morgan fingerprint density at radius 3 is 2.57 bits per heavy atom. The van der Waals surface area contributed by atoms with Crippen LogP contribution in [-0.2, 0) is 6.61 Å². The predicted octanol–water partition coefficient (Wildman–Crippen LogP) is 6.04. The fourth-order valence-corrected chi connectivity index (χ4v) is 4.01. The highest BCUT2D eigenvalue weighted by Crippen LogP contribution is 2.33. The maximum atomic E-state index is 12.8. The van der Waals surface area contributed by atoms with Crippen LogP contribution < -0.4 is 14.8 Å². The molecule has 1 aromatic carbocycles. The second-order valence-electron chi connectivity index (χ2n) is 8.48. The second kappa shape index (κ2) is 10.2. The van der Waals surface area contributed by atoms with Crippen molar-refractivity contribution in [3.8, 4) is 22.6 Å². The number of ether oxygens (including phenoxy) is 2. The lowest BCUT2D eigenvalue weighted by Gasteiger charge is -2.14. The molecule has 0 spiro atoms. The van der Waals surface area contributed by atoms with Crippen molar-refractivity contribution >= 4 is 17.2 Å². The Bertz CT molecular complexity index is 1550. The molecule has 0 amide bonds. The maximum Gasteiger partial charge on any atom is 0.387 e. The van der Waals surface area contributed by atoms with Gasteiger partial charge in [-0.2, -0.15) is 13.9 Å². The highest BCUT2D eigenvalue weighted by Gasteiger charge is 2.14. The summed E-state index contributed by atoms with van der Waals surface area (Å²) in [4.78, 5) is 13.1. The molecule has 4 heterocycles. The van der Waals surface area contributed by atoms with E-state index in [2.05, 4.69) is 30.1 Å². The summed E-state index contributed by atoms with van der Waals surface area (Å²) in [6.45, 7) is 2.78. The van der Waals surface area contributed by atoms with Crippen LogP contribution in [-0.4, -0.2) is 31.2 Å². The minimum Gasteiger partial charge on any atom is -0.486 e. The van der Waals surface area contributed by atoms with E-state index in [4.69, 9.17) is 4.74 Å². The van der Waals surface area contributed by atoms with Gasteiger partial charge in [-0.1, -0.05) is 18.2 Å². The van der Waals surface area contributed by atoms with Gasteiger partial charge in [0.1, 0.15) is 29.7 Å². The van der Waals surface area contributed by atoms with Crippen molar-refractivity contribution in [2.45, 2.75) is 34.0 Å². The van der Waals surface area contributed by atoms with E-state index in [0.717, 1.165) is 28.0 Å². The lowest BCUT2D eigenvalue weighted by Crippen LogP contribution is -2.06. The van der Waals surface area contributed by atoms with E-state index in [1.807, 2.05) is 57.3 Å². The Labute approximate surface area is 212 Å². The molecule has 0 aliphatic heterocycles. The lowest BCUT2D eigenvalue weighted by atomic mass is 10.1. The van der Waals surface area contributed by atoms with Crippen LogP contribution in [0.15, 0.2) is 67.0 Å². The minimum absolute atomic E-state index is 0.0431. The molecule has 0 saturated heterocycles. The van der Waals surface area contributed by atoms with Crippen LogP contribution in [0.3, 0.4) is 0 Å². The molecule has 10 heteroatoms. The molecule has 188 valence electrons. The van der Waals surface area contributed by atoms with Crippen molar-refractivity contribution in [1.82, 2.24) is 24.6 Å². The van der Waals surface area contributed by atoms with Crippen LogP contribution in [0.4, 0.5) is 20.4 Å². The van der Waals surface area contributed by atoms with E-state index in [9.17, 15) is 8.78 Å². The summed E-state index contributed by atoms with van der Waals surface area (Å²) in [5.41, 5.74) is 4.76. The zero-order chi connectivity index (χ0) is 25.9. The number of pyridine rings is 2. The zero-order valence-electron chi connectivity index (χ0n) is 20.4. The third-order valence-corrected chi connectivity index (χ3v) is 5.57. The molecular formula is C27H24F2N6O2. The van der Waals surface area contributed by atoms with Crippen molar-refractivity contribution in [3.05, 3.63) is 89.8 Å². The molecule has 37 heavy (non-hydrogen) atoms. The first-order valence-corrected chi connectivity index (χ1v) is 11.6. The number of para-hydroxylation sites is 1. The van der Waals surface area contributed by atoms with E-state index < -0.39 is 6.61 Å². The van der Waals surface area contributed by atoms with Gasteiger partial charge in [0.05, 0.1) is 11.7 Å². The number of aryl methyl sites for hydroxylation is 3. The fourth-order valence-electron chi connectivity index (χ4n) is 4.01. The molecule has 5 rings (SSSR count). The Hall–Kier alpha value is -4.60. The van der Waals surface area contributed by atoms with E-state index in [0.29, 0.717) is 28.8 Å². The first-order chi connectivity index (χ1) is 17.8. The lowest BCUT2D eigenvalue weighted by molar-refractivity contribution is -0.0508. The van der Waals surface area contributed by atoms with Crippen LogP contribution in [0.25, 0.3) is 16.6 Å². The van der Waals surface area contributed by atoms with Crippen molar-refractivity contribution in [2.24, 2.45) is 0 Å². The highest BCUT2D eigenvalue weighted by molar-refractivity contribution is 5.75. The smallest absolute Gasteiger partial charge is 0.387 e. The van der Waals surface area contributed by atoms with Crippen LogP contribution >= 0.6 is 0 Å². The van der Waals surface area contributed by atoms with Crippen molar-refractivity contribution in [1.29, 1.82) is 0 Å². The number of hydrogen-bond acceptors (Lipinski definition) is 7. The van der Waals surface area contributed by atoms with Gasteiger partial charge >= 0.3 is 6.61 Å². The molecule has 8 nitrogen and oxygen atoms in total. The molecular weight excluding hydrogens is 478 g/mol. The summed E-state index contributed by atoms with van der Waals surface area (Å²) < 4.78 is 38.0. The number of benzene rings is 1. The summed E-state index contributed by atoms with van der Waals surface area (Å²) in [5.74, 6) is 2.59. The van der Waals surface area contributed by atoms with E-state index >= 15 is 0 Å². The second-order valence-corrected chi connectivity index (χ2v) is 8.48. The van der Waals surface area contributed by atoms with Gasteiger partial charge in [0.25, 0.3) is 0 Å². The summed E-state index contributed by atoms with van der Waals surface area (Å²) in [7, 11) is 0. The summed E-state index contributed by atoms with van der Waals surface area (Å²) in [6.07, 6.45) is 3.49. The van der Waals surface area contributed by atoms with Gasteiger partial charge in [-0.25, -0.2) is 14.5 Å². The summed E-state index contributed by atoms with van der Waals surface area (Å²) in [5, 5.41) is 7.81. The average molecular weight is 503 g/mol. The van der Waals surface area contributed by atoms with E-state index in [-0.39, 0.29) is 12.4 Å². The number of fused-ring (bicyclic) bond motifs is 1. The summed E-state index contributed by atoms with van der Waals surface area (Å²) in [6, 6.07) is 16.2. The quantitative estimate of drug-likeness (QED) is 0.277. The predicted molar refractivity (Wildman–Crippen MR) is 135 cm³/mol. The number of aromatic nitrogens is 5. The first-order valence-electron chi connectivity index (χ1n) is 11.6. The number of halogens is 2. The Morgan fingerprint density at radius 1 is 0.919 bits per heavy atom. The third-order valence-electron chi connectivity index (χ3n) is 5.57. The topological polar surface area (TPSA) is 86.5 Å². The standard InChI is InChI=1S/C27H24F2N6O2/c1-16-10-22(24(14-30-16)36-15-20-6-4-5-7-23(20)37-27(28)29)19-8-9-35-21(12-19)13-26(34-35)33-25-11-17(2)31-18(3)32-25/h4-14,27H,15H2,1-3H3,(H,31,32,33,34). The van der Waals surface area contributed by atoms with Crippen LogP contribution in [0, 0.1) is 20.8 Å². The van der Waals surface area contributed by atoms with Crippen molar-refractivity contribution in [2.75, 3.05) is 5.32 Å². The number of hydrogen-bond donors (Lipinski definition) is 1. The van der Waals surface area contributed by atoms with Gasteiger partial charge < -0.3 is 14.8 Å². The Balaban J connectivity index is 1.42. The Kier molecular flexibility index (Phi) is 6.63. The first kappa shape index (κ1) is 24.1. The maximum absolute atomic E-state index is 12.8. The highest BCUT2D eigenvalue weighted by atomic mass is 19.3. The monoisotopic (exact) mass is 502 g/mol. The SMILES string of the molecule is Cc1cc(-c2ccn3nc(Nc4cc(C)nc(C)n4)cc3c2)c(OCc2ccccc2OC(F)F)cn1. The molecule has 0 aliphatic carbocycles. The normalized spacial score (nSPS) is 11.2. The van der Waals surface area contributed by atoms with Crippen molar-refractivity contribution < 1.29 is 18.3 Å². The molecule has 0 radical (unpaired) electrons. The van der Waals surface area contributed by atoms with Gasteiger partial charge in [0, 0.05) is 40.8 Å². The van der Waals surface area contributed by atoms with Crippen LogP contribution in [0.2, 0.25) is 0 Å². The molecule has 0 fully saturated rings. The number of nitrogens with one attached hydrogen (secondary N) is 1. The molecule has 0 bridgehead atoms. The number of alkyl halides is 2. The van der Waals surface area contributed by atoms with Crippen LogP contribution in [0.5, 0.6) is 11.5 Å². The summed E-state index contributed by atoms with van der Waals surface area (Å²) >= 11 is 0. The average Bonchev–Trinajstić information content (AvgIpc) is 3.24. The molecule has 1 N–H and O–H groups in total. The van der Waals surface area contributed by atoms with Crippen LogP contribution in [0.1, 0.15) is 22.8 Å². The van der Waals surface area contributed by atoms with E-state index in [1.54, 1.807) is 28.9 Å². The molecule has 4 aromatic heterocycles. The minimum atomic E-state index is -2.91. The largest absolute Gasteiger partial charge is 0.486 e. The third kappa shape index (κ3) is 5.64. The fraction of sp³-hybridized carbons (Fsp3) is 0.185. The van der Waals surface area contributed by atoms with Gasteiger partial charge in [-0.3, -0.25) is 4.98 Å².